The van der Waals surface area contributed by atoms with Gasteiger partial charge in [0.25, 0.3) is 11.8 Å². The van der Waals surface area contributed by atoms with Crippen LogP contribution in [0.3, 0.4) is 0 Å². The maximum absolute atomic E-state index is 12.6. The highest BCUT2D eigenvalue weighted by Gasteiger charge is 2.36. The zero-order chi connectivity index (χ0) is 25.4. The predicted molar refractivity (Wildman–Crippen MR) is 124 cm³/mol. The van der Waals surface area contributed by atoms with E-state index < -0.39 is 36.2 Å². The molecule has 11 nitrogen and oxygen atoms in total. The van der Waals surface area contributed by atoms with Gasteiger partial charge in [0, 0.05) is 23.7 Å². The lowest BCUT2D eigenvalue weighted by Crippen LogP contribution is -2.43. The van der Waals surface area contributed by atoms with Gasteiger partial charge in [-0.1, -0.05) is 0 Å². The standard InChI is InChI=1S/C24H27N3O8/c1-4-34-18-7-5-17(6-8-18)25-21(28)14-35-24(31)16-11-22(29)27(13-16)26-23(30)15-9-19(32-2)12-20(10-15)33-3/h5-10,12,16H,4,11,13-14H2,1-3H3,(H,25,28)(H,26,30)/t16-/m0/s1. The number of methoxy groups -OCH3 is 2. The van der Waals surface area contributed by atoms with Gasteiger partial charge in [-0.25, -0.2) is 0 Å². The lowest BCUT2D eigenvalue weighted by Gasteiger charge is -2.18. The minimum atomic E-state index is -0.819. The average Bonchev–Trinajstić information content (AvgIpc) is 3.23. The van der Waals surface area contributed by atoms with Crippen LogP contribution in [0.2, 0.25) is 0 Å². The number of ether oxygens (including phenoxy) is 4. The largest absolute Gasteiger partial charge is 0.497 e. The van der Waals surface area contributed by atoms with Crippen molar-refractivity contribution in [1.29, 1.82) is 0 Å². The number of carbonyl (C=O) groups is 4. The number of nitrogens with one attached hydrogen (secondary N) is 2. The Labute approximate surface area is 202 Å². The van der Waals surface area contributed by atoms with Crippen LogP contribution in [-0.2, 0) is 19.1 Å². The second-order valence-electron chi connectivity index (χ2n) is 7.56. The van der Waals surface area contributed by atoms with Crippen molar-refractivity contribution in [2.45, 2.75) is 13.3 Å². The van der Waals surface area contributed by atoms with Crippen LogP contribution in [0.4, 0.5) is 5.69 Å². The van der Waals surface area contributed by atoms with E-state index in [9.17, 15) is 19.2 Å². The number of hydrazine groups is 1. The minimum Gasteiger partial charge on any atom is -0.497 e. The van der Waals surface area contributed by atoms with Crippen LogP contribution in [0.1, 0.15) is 23.7 Å². The van der Waals surface area contributed by atoms with Crippen molar-refractivity contribution in [3.8, 4) is 17.2 Å². The molecule has 2 aromatic carbocycles. The van der Waals surface area contributed by atoms with Crippen LogP contribution in [0, 0.1) is 5.92 Å². The summed E-state index contributed by atoms with van der Waals surface area (Å²) in [7, 11) is 2.91. The molecule has 11 heteroatoms. The first kappa shape index (κ1) is 25.3. The molecule has 1 heterocycles. The highest BCUT2D eigenvalue weighted by Crippen LogP contribution is 2.23. The third kappa shape index (κ3) is 6.85. The molecule has 35 heavy (non-hydrogen) atoms. The smallest absolute Gasteiger partial charge is 0.311 e. The van der Waals surface area contributed by atoms with Gasteiger partial charge in [-0.05, 0) is 43.3 Å². The van der Waals surface area contributed by atoms with Crippen LogP contribution in [-0.4, -0.2) is 62.7 Å². The summed E-state index contributed by atoms with van der Waals surface area (Å²) in [6.45, 7) is 1.81. The molecule has 2 aromatic rings. The van der Waals surface area contributed by atoms with Gasteiger partial charge >= 0.3 is 5.97 Å². The molecule has 0 spiro atoms. The van der Waals surface area contributed by atoms with Gasteiger partial charge in [0.05, 0.1) is 33.3 Å². The molecule has 0 radical (unpaired) electrons. The van der Waals surface area contributed by atoms with E-state index in [-0.39, 0.29) is 18.5 Å². The Kier molecular flexibility index (Phi) is 8.49. The van der Waals surface area contributed by atoms with E-state index in [2.05, 4.69) is 10.7 Å². The molecule has 1 aliphatic rings. The maximum Gasteiger partial charge on any atom is 0.311 e. The fourth-order valence-corrected chi connectivity index (χ4v) is 3.35. The number of rotatable bonds is 10. The number of esters is 1. The van der Waals surface area contributed by atoms with Crippen molar-refractivity contribution in [3.05, 3.63) is 48.0 Å². The van der Waals surface area contributed by atoms with Crippen molar-refractivity contribution in [1.82, 2.24) is 10.4 Å². The van der Waals surface area contributed by atoms with Crippen molar-refractivity contribution in [3.63, 3.8) is 0 Å². The van der Waals surface area contributed by atoms with E-state index in [1.54, 1.807) is 30.3 Å². The van der Waals surface area contributed by atoms with E-state index in [0.29, 0.717) is 29.5 Å². The van der Waals surface area contributed by atoms with Gasteiger partial charge in [-0.3, -0.25) is 29.6 Å². The molecule has 0 aliphatic carbocycles. The number of amides is 3. The van der Waals surface area contributed by atoms with Crippen LogP contribution in [0.15, 0.2) is 42.5 Å². The Bertz CT molecular complexity index is 1060. The summed E-state index contributed by atoms with van der Waals surface area (Å²) in [5.74, 6) is -1.58. The first-order valence-corrected chi connectivity index (χ1v) is 10.9. The Morgan fingerprint density at radius 1 is 1.00 bits per heavy atom. The number of hydrogen-bond donors (Lipinski definition) is 2. The Balaban J connectivity index is 1.49. The van der Waals surface area contributed by atoms with Gasteiger partial charge in [0.1, 0.15) is 17.2 Å². The number of hydrogen-bond acceptors (Lipinski definition) is 8. The fraction of sp³-hybridized carbons (Fsp3) is 0.333. The lowest BCUT2D eigenvalue weighted by atomic mass is 10.1. The van der Waals surface area contributed by atoms with Crippen molar-refractivity contribution in [2.75, 3.05) is 39.3 Å². The predicted octanol–water partition coefficient (Wildman–Crippen LogP) is 1.78. The van der Waals surface area contributed by atoms with E-state index in [0.717, 1.165) is 5.01 Å². The van der Waals surface area contributed by atoms with Crippen LogP contribution in [0.5, 0.6) is 17.2 Å². The van der Waals surface area contributed by atoms with Gasteiger partial charge in [0.15, 0.2) is 6.61 Å². The Hall–Kier alpha value is -4.28. The van der Waals surface area contributed by atoms with E-state index in [4.69, 9.17) is 18.9 Å². The molecular weight excluding hydrogens is 458 g/mol. The number of benzene rings is 2. The summed E-state index contributed by atoms with van der Waals surface area (Å²) in [5.41, 5.74) is 3.22. The Morgan fingerprint density at radius 3 is 2.26 bits per heavy atom. The van der Waals surface area contributed by atoms with Gasteiger partial charge in [-0.15, -0.1) is 0 Å². The van der Waals surface area contributed by atoms with Crippen molar-refractivity contribution >= 4 is 29.4 Å². The summed E-state index contributed by atoms with van der Waals surface area (Å²) in [5, 5.41) is 3.67. The first-order valence-electron chi connectivity index (χ1n) is 10.9. The quantitative estimate of drug-likeness (QED) is 0.487. The highest BCUT2D eigenvalue weighted by atomic mass is 16.5. The molecule has 3 rings (SSSR count). The van der Waals surface area contributed by atoms with Crippen LogP contribution in [0.25, 0.3) is 0 Å². The minimum absolute atomic E-state index is 0.0784. The second-order valence-corrected chi connectivity index (χ2v) is 7.56. The zero-order valence-electron chi connectivity index (χ0n) is 19.7. The monoisotopic (exact) mass is 485 g/mol. The van der Waals surface area contributed by atoms with Gasteiger partial charge in [0.2, 0.25) is 5.91 Å². The van der Waals surface area contributed by atoms with Crippen LogP contribution < -0.4 is 25.0 Å². The second kappa shape index (κ2) is 11.7. The summed E-state index contributed by atoms with van der Waals surface area (Å²) in [6.07, 6.45) is -0.152. The normalized spacial score (nSPS) is 14.8. The van der Waals surface area contributed by atoms with E-state index >= 15 is 0 Å². The van der Waals surface area contributed by atoms with E-state index in [1.807, 2.05) is 6.92 Å². The van der Waals surface area contributed by atoms with Crippen LogP contribution >= 0.6 is 0 Å². The third-order valence-corrected chi connectivity index (χ3v) is 5.10. The number of carbonyl (C=O) groups excluding carboxylic acids is 4. The highest BCUT2D eigenvalue weighted by molar-refractivity contribution is 5.97. The number of anilines is 1. The van der Waals surface area contributed by atoms with E-state index in [1.165, 1.54) is 26.4 Å². The molecule has 186 valence electrons. The summed E-state index contributed by atoms with van der Waals surface area (Å²) >= 11 is 0. The topological polar surface area (TPSA) is 132 Å². The van der Waals surface area contributed by atoms with Gasteiger partial charge in [-0.2, -0.15) is 0 Å². The zero-order valence-corrected chi connectivity index (χ0v) is 19.7. The summed E-state index contributed by atoms with van der Waals surface area (Å²) in [6, 6.07) is 11.3. The Morgan fingerprint density at radius 2 is 1.66 bits per heavy atom. The average molecular weight is 485 g/mol. The fourth-order valence-electron chi connectivity index (χ4n) is 3.35. The molecule has 1 atom stereocenters. The molecule has 1 saturated heterocycles. The van der Waals surface area contributed by atoms with Crippen molar-refractivity contribution < 1.29 is 38.1 Å². The van der Waals surface area contributed by atoms with Crippen molar-refractivity contribution in [2.24, 2.45) is 5.92 Å². The summed E-state index contributed by atoms with van der Waals surface area (Å²) in [4.78, 5) is 49.4. The molecule has 1 aliphatic heterocycles. The molecular formula is C24H27N3O8. The SMILES string of the molecule is CCOc1ccc(NC(=O)COC(=O)[C@H]2CC(=O)N(NC(=O)c3cc(OC)cc(OC)c3)C2)cc1. The maximum atomic E-state index is 12.6. The lowest BCUT2D eigenvalue weighted by molar-refractivity contribution is -0.151. The molecule has 0 saturated carbocycles. The molecule has 0 aromatic heterocycles. The molecule has 0 bridgehead atoms. The van der Waals surface area contributed by atoms with Gasteiger partial charge < -0.3 is 24.3 Å². The molecule has 1 fully saturated rings. The molecule has 2 N–H and O–H groups in total. The third-order valence-electron chi connectivity index (χ3n) is 5.10. The number of nitrogens with zero attached hydrogens (tertiary/aromatic N) is 1. The molecule has 3 amide bonds. The first-order chi connectivity index (χ1) is 16.8. The summed E-state index contributed by atoms with van der Waals surface area (Å²) < 4.78 is 20.7. The molecule has 0 unspecified atom stereocenters.